The highest BCUT2D eigenvalue weighted by Gasteiger charge is 2.16. The zero-order valence-corrected chi connectivity index (χ0v) is 17.5. The lowest BCUT2D eigenvalue weighted by Crippen LogP contribution is -2.35. The predicted octanol–water partition coefficient (Wildman–Crippen LogP) is 5.51. The van der Waals surface area contributed by atoms with E-state index < -0.39 is 11.7 Å². The fourth-order valence-corrected chi connectivity index (χ4v) is 3.02. The first-order chi connectivity index (χ1) is 14.3. The van der Waals surface area contributed by atoms with Crippen LogP contribution in [0, 0.1) is 12.7 Å². The maximum absolute atomic E-state index is 13.7. The van der Waals surface area contributed by atoms with Gasteiger partial charge in [-0.3, -0.25) is 4.79 Å². The molecule has 0 aliphatic carbocycles. The minimum Gasteiger partial charge on any atom is -0.330 e. The molecule has 0 heterocycles. The van der Waals surface area contributed by atoms with Gasteiger partial charge in [-0.1, -0.05) is 54.8 Å². The van der Waals surface area contributed by atoms with E-state index in [-0.39, 0.29) is 17.6 Å². The molecular weight excluding hydrogens is 401 g/mol. The molecule has 0 saturated carbocycles. The molecule has 1 atom stereocenters. The van der Waals surface area contributed by atoms with Crippen LogP contribution in [0.1, 0.15) is 34.5 Å². The minimum atomic E-state index is -0.590. The van der Waals surface area contributed by atoms with Gasteiger partial charge in [0.1, 0.15) is 5.82 Å². The second-order valence-electron chi connectivity index (χ2n) is 6.87. The normalized spacial score (nSPS) is 11.5. The molecule has 154 valence electrons. The Morgan fingerprint density at radius 2 is 1.60 bits per heavy atom. The van der Waals surface area contributed by atoms with Gasteiger partial charge in [0.05, 0.1) is 17.3 Å². The fourth-order valence-electron chi connectivity index (χ4n) is 2.83. The monoisotopic (exact) mass is 423 g/mol. The Morgan fingerprint density at radius 3 is 2.23 bits per heavy atom. The van der Waals surface area contributed by atoms with E-state index in [0.717, 1.165) is 11.1 Å². The summed E-state index contributed by atoms with van der Waals surface area (Å²) in [4.78, 5) is 24.7. The summed E-state index contributed by atoms with van der Waals surface area (Å²) in [6, 6.07) is 19.6. The number of benzene rings is 3. The van der Waals surface area contributed by atoms with Crippen molar-refractivity contribution in [2.75, 3.05) is 9.62 Å². The molecule has 3 amide bonds. The van der Waals surface area contributed by atoms with Gasteiger partial charge in [0, 0.05) is 5.69 Å². The number of carbonyl (C=O) groups excluding carboxylic acids is 2. The number of thiol groups is 1. The molecule has 2 N–H and O–H groups in total. The van der Waals surface area contributed by atoms with Crippen LogP contribution in [0.3, 0.4) is 0 Å². The number of hydrogen-bond acceptors (Lipinski definition) is 3. The zero-order valence-electron chi connectivity index (χ0n) is 16.6. The van der Waals surface area contributed by atoms with Gasteiger partial charge in [0.15, 0.2) is 0 Å². The van der Waals surface area contributed by atoms with Crippen LogP contribution < -0.4 is 14.9 Å². The molecule has 3 aromatic rings. The molecule has 5 nitrogen and oxygen atoms in total. The molecule has 0 aliphatic heterocycles. The van der Waals surface area contributed by atoms with Crippen LogP contribution in [0.25, 0.3) is 0 Å². The summed E-state index contributed by atoms with van der Waals surface area (Å²) in [6.07, 6.45) is 0. The smallest absolute Gasteiger partial charge is 0.330 e. The first-order valence-corrected chi connectivity index (χ1v) is 9.77. The summed E-state index contributed by atoms with van der Waals surface area (Å²) >= 11 is 4.28. The van der Waals surface area contributed by atoms with Crippen LogP contribution >= 0.6 is 12.8 Å². The van der Waals surface area contributed by atoms with Gasteiger partial charge in [0.25, 0.3) is 5.91 Å². The van der Waals surface area contributed by atoms with E-state index in [0.29, 0.717) is 11.4 Å². The molecule has 0 spiro atoms. The summed E-state index contributed by atoms with van der Waals surface area (Å²) in [7, 11) is 0. The molecule has 0 bridgehead atoms. The summed E-state index contributed by atoms with van der Waals surface area (Å²) < 4.78 is 14.9. The van der Waals surface area contributed by atoms with Crippen LogP contribution in [0.15, 0.2) is 72.8 Å². The summed E-state index contributed by atoms with van der Waals surface area (Å²) in [6.45, 7) is 3.90. The zero-order chi connectivity index (χ0) is 21.7. The highest BCUT2D eigenvalue weighted by atomic mass is 32.1. The summed E-state index contributed by atoms with van der Waals surface area (Å²) in [5, 5.41) is 5.52. The third-order valence-electron chi connectivity index (χ3n) is 4.60. The summed E-state index contributed by atoms with van der Waals surface area (Å²) in [5.41, 5.74) is 3.09. The quantitative estimate of drug-likeness (QED) is 0.474. The number of nitrogens with zero attached hydrogens (tertiary/aromatic N) is 1. The molecule has 7 heteroatoms. The van der Waals surface area contributed by atoms with Crippen LogP contribution in [0.2, 0.25) is 0 Å². The molecule has 3 rings (SSSR count). The Hall–Kier alpha value is -3.32. The summed E-state index contributed by atoms with van der Waals surface area (Å²) in [5.74, 6) is -1.14. The number of nitrogens with one attached hydrogen (secondary N) is 2. The van der Waals surface area contributed by atoms with Gasteiger partial charge in [-0.25, -0.2) is 13.5 Å². The van der Waals surface area contributed by atoms with Crippen molar-refractivity contribution in [1.82, 2.24) is 5.32 Å². The second kappa shape index (κ2) is 9.45. The number of urea groups is 1. The van der Waals surface area contributed by atoms with E-state index in [2.05, 4.69) is 23.4 Å². The molecule has 0 aliphatic rings. The largest absolute Gasteiger partial charge is 0.332 e. The van der Waals surface area contributed by atoms with Gasteiger partial charge >= 0.3 is 6.03 Å². The molecule has 0 radical (unpaired) electrons. The van der Waals surface area contributed by atoms with Crippen LogP contribution in [0.5, 0.6) is 0 Å². The van der Waals surface area contributed by atoms with Gasteiger partial charge < -0.3 is 10.6 Å². The predicted molar refractivity (Wildman–Crippen MR) is 120 cm³/mol. The van der Waals surface area contributed by atoms with Crippen molar-refractivity contribution in [3.63, 3.8) is 0 Å². The van der Waals surface area contributed by atoms with Crippen molar-refractivity contribution in [1.29, 1.82) is 0 Å². The second-order valence-corrected chi connectivity index (χ2v) is 7.27. The van der Waals surface area contributed by atoms with Crippen molar-refractivity contribution in [3.05, 3.63) is 95.3 Å². The van der Waals surface area contributed by atoms with E-state index in [4.69, 9.17) is 0 Å². The minimum absolute atomic E-state index is 0.0399. The highest BCUT2D eigenvalue weighted by Crippen LogP contribution is 2.22. The number of halogens is 1. The average molecular weight is 424 g/mol. The van der Waals surface area contributed by atoms with Crippen molar-refractivity contribution >= 4 is 36.1 Å². The number of anilines is 2. The van der Waals surface area contributed by atoms with E-state index in [9.17, 15) is 14.0 Å². The molecule has 0 aromatic heterocycles. The number of rotatable bonds is 5. The van der Waals surface area contributed by atoms with Gasteiger partial charge in [-0.15, -0.1) is 0 Å². The Bertz CT molecular complexity index is 1040. The van der Waals surface area contributed by atoms with Crippen molar-refractivity contribution in [3.8, 4) is 0 Å². The lowest BCUT2D eigenvalue weighted by Gasteiger charge is -2.21. The fraction of sp³-hybridized carbons (Fsp3) is 0.130. The molecule has 0 fully saturated rings. The third-order valence-corrected chi connectivity index (χ3v) is 5.01. The topological polar surface area (TPSA) is 61.4 Å². The third kappa shape index (κ3) is 5.18. The number of hydrogen-bond donors (Lipinski definition) is 3. The van der Waals surface area contributed by atoms with E-state index in [1.165, 1.54) is 22.5 Å². The van der Waals surface area contributed by atoms with Gasteiger partial charge in [0.2, 0.25) is 0 Å². The Kier molecular flexibility index (Phi) is 6.74. The Balaban J connectivity index is 1.62. The standard InChI is InChI=1S/C23H22FN3O2S/c1-15-7-9-17(10-8-15)16(2)25-23(29)27(30)19-13-11-18(12-14-19)26-22(28)20-5-3-4-6-21(20)24/h3-14,16,30H,1-2H3,(H,25,29)(H,26,28)/t16-/m0/s1. The van der Waals surface area contributed by atoms with E-state index in [1.807, 2.05) is 38.1 Å². The van der Waals surface area contributed by atoms with Crippen LogP contribution in [0.4, 0.5) is 20.6 Å². The first kappa shape index (κ1) is 21.4. The number of aryl methyl sites for hydroxylation is 1. The maximum atomic E-state index is 13.7. The Labute approximate surface area is 180 Å². The number of amides is 3. The van der Waals surface area contributed by atoms with Gasteiger partial charge in [-0.2, -0.15) is 0 Å². The SMILES string of the molecule is Cc1ccc([C@H](C)NC(=O)N(S)c2ccc(NC(=O)c3ccccc3F)cc2)cc1. The molecule has 30 heavy (non-hydrogen) atoms. The molecule has 3 aromatic carbocycles. The van der Waals surface area contributed by atoms with E-state index in [1.54, 1.807) is 30.3 Å². The molecular formula is C23H22FN3O2S. The first-order valence-electron chi connectivity index (χ1n) is 9.37. The van der Waals surface area contributed by atoms with Gasteiger partial charge in [-0.05, 0) is 55.8 Å². The lowest BCUT2D eigenvalue weighted by atomic mass is 10.1. The lowest BCUT2D eigenvalue weighted by molar-refractivity contribution is 0.102. The molecule has 0 saturated heterocycles. The van der Waals surface area contributed by atoms with Crippen molar-refractivity contribution < 1.29 is 14.0 Å². The molecule has 0 unspecified atom stereocenters. The van der Waals surface area contributed by atoms with Crippen molar-refractivity contribution in [2.45, 2.75) is 19.9 Å². The maximum Gasteiger partial charge on any atom is 0.332 e. The Morgan fingerprint density at radius 1 is 0.967 bits per heavy atom. The van der Waals surface area contributed by atoms with Crippen LogP contribution in [-0.4, -0.2) is 11.9 Å². The van der Waals surface area contributed by atoms with E-state index >= 15 is 0 Å². The van der Waals surface area contributed by atoms with Crippen molar-refractivity contribution in [2.24, 2.45) is 0 Å². The number of carbonyl (C=O) groups is 2. The highest BCUT2D eigenvalue weighted by molar-refractivity contribution is 7.82. The average Bonchev–Trinajstić information content (AvgIpc) is 2.74. The van der Waals surface area contributed by atoms with Crippen LogP contribution in [-0.2, 0) is 0 Å².